The van der Waals surface area contributed by atoms with E-state index in [4.69, 9.17) is 14.6 Å². The van der Waals surface area contributed by atoms with Crippen molar-refractivity contribution in [2.75, 3.05) is 19.8 Å². The highest BCUT2D eigenvalue weighted by atomic mass is 16.6. The summed E-state index contributed by atoms with van der Waals surface area (Å²) in [7, 11) is 0. The molecule has 0 saturated carbocycles. The Bertz CT molecular complexity index is 144. The Morgan fingerprint density at radius 2 is 2.42 bits per heavy atom. The zero-order valence-corrected chi connectivity index (χ0v) is 7.16. The second-order valence-corrected chi connectivity index (χ2v) is 2.24. The Hall–Kier alpha value is -0.870. The van der Waals surface area contributed by atoms with E-state index in [9.17, 15) is 4.79 Å². The molecule has 1 unspecified atom stereocenters. The molecule has 0 aromatic heterocycles. The highest BCUT2D eigenvalue weighted by molar-refractivity contribution is 5.66. The van der Waals surface area contributed by atoms with E-state index in [1.807, 2.05) is 0 Å². The summed E-state index contributed by atoms with van der Waals surface area (Å²) in [5.41, 5.74) is 0. The van der Waals surface area contributed by atoms with Gasteiger partial charge in [-0.2, -0.15) is 0 Å². The Morgan fingerprint density at radius 1 is 1.75 bits per heavy atom. The number of carbonyl (C=O) groups excluding carboxylic acids is 1. The van der Waals surface area contributed by atoms with Gasteiger partial charge in [0.2, 0.25) is 0 Å². The molecular weight excluding hydrogens is 160 g/mol. The van der Waals surface area contributed by atoms with Crippen LogP contribution < -0.4 is 0 Å². The van der Waals surface area contributed by atoms with Crippen LogP contribution in [0.3, 0.4) is 0 Å². The van der Waals surface area contributed by atoms with Gasteiger partial charge in [0.1, 0.15) is 6.10 Å². The Kier molecular flexibility index (Phi) is 6.32. The minimum absolute atomic E-state index is 0.197. The van der Waals surface area contributed by atoms with Crippen molar-refractivity contribution in [2.24, 2.45) is 0 Å². The summed E-state index contributed by atoms with van der Waals surface area (Å²) in [6.07, 6.45) is 1.02. The summed E-state index contributed by atoms with van der Waals surface area (Å²) in [5, 5.41) is 8.69. The molecule has 0 amide bonds. The first-order valence-electron chi connectivity index (χ1n) is 3.67. The number of carbonyl (C=O) groups is 1. The zero-order chi connectivity index (χ0) is 9.40. The van der Waals surface area contributed by atoms with Crippen molar-refractivity contribution in [3.8, 4) is 0 Å². The van der Waals surface area contributed by atoms with E-state index in [-0.39, 0.29) is 13.2 Å². The number of hydrogen-bond acceptors (Lipinski definition) is 4. The largest absolute Gasteiger partial charge is 0.458 e. The lowest BCUT2D eigenvalue weighted by atomic mass is 10.4. The molecule has 0 rings (SSSR count). The van der Waals surface area contributed by atoms with Crippen molar-refractivity contribution in [1.82, 2.24) is 0 Å². The van der Waals surface area contributed by atoms with E-state index in [1.165, 1.54) is 6.92 Å². The van der Waals surface area contributed by atoms with Gasteiger partial charge < -0.3 is 14.6 Å². The lowest BCUT2D eigenvalue weighted by Gasteiger charge is -2.13. The predicted octanol–water partition coefficient (Wildman–Crippen LogP) is 0.113. The van der Waals surface area contributed by atoms with Gasteiger partial charge in [0, 0.05) is 6.92 Å². The first kappa shape index (κ1) is 11.1. The lowest BCUT2D eigenvalue weighted by Crippen LogP contribution is -2.26. The third kappa shape index (κ3) is 5.88. The molecule has 0 radical (unpaired) electrons. The summed E-state index contributed by atoms with van der Waals surface area (Å²) in [4.78, 5) is 10.4. The lowest BCUT2D eigenvalue weighted by molar-refractivity contribution is -0.151. The average molecular weight is 174 g/mol. The monoisotopic (exact) mass is 174 g/mol. The second kappa shape index (κ2) is 6.82. The average Bonchev–Trinajstić information content (AvgIpc) is 2.02. The van der Waals surface area contributed by atoms with E-state index >= 15 is 0 Å². The van der Waals surface area contributed by atoms with Gasteiger partial charge in [-0.05, 0) is 0 Å². The first-order valence-corrected chi connectivity index (χ1v) is 3.67. The molecule has 70 valence electrons. The quantitative estimate of drug-likeness (QED) is 0.353. The fourth-order valence-corrected chi connectivity index (χ4v) is 0.642. The van der Waals surface area contributed by atoms with Crippen LogP contribution in [0.15, 0.2) is 12.7 Å². The topological polar surface area (TPSA) is 55.8 Å². The van der Waals surface area contributed by atoms with Crippen molar-refractivity contribution in [3.05, 3.63) is 12.7 Å². The maximum absolute atomic E-state index is 10.4. The van der Waals surface area contributed by atoms with E-state index < -0.39 is 12.1 Å². The third-order valence-electron chi connectivity index (χ3n) is 1.08. The molecule has 0 aliphatic rings. The Balaban J connectivity index is 3.52. The van der Waals surface area contributed by atoms with Crippen molar-refractivity contribution < 1.29 is 19.4 Å². The number of aliphatic hydroxyl groups is 1. The van der Waals surface area contributed by atoms with Crippen LogP contribution in [0.2, 0.25) is 0 Å². The maximum atomic E-state index is 10.4. The molecule has 1 atom stereocenters. The van der Waals surface area contributed by atoms with E-state index in [0.717, 1.165) is 0 Å². The van der Waals surface area contributed by atoms with E-state index in [0.29, 0.717) is 6.61 Å². The fourth-order valence-electron chi connectivity index (χ4n) is 0.642. The molecule has 1 N–H and O–H groups in total. The van der Waals surface area contributed by atoms with Crippen molar-refractivity contribution in [1.29, 1.82) is 0 Å². The predicted molar refractivity (Wildman–Crippen MR) is 43.7 cm³/mol. The van der Waals surface area contributed by atoms with Gasteiger partial charge in [0.25, 0.3) is 0 Å². The van der Waals surface area contributed by atoms with Gasteiger partial charge in [-0.1, -0.05) is 6.08 Å². The molecule has 0 aromatic rings. The van der Waals surface area contributed by atoms with Gasteiger partial charge in [-0.25, -0.2) is 0 Å². The van der Waals surface area contributed by atoms with Crippen LogP contribution in [-0.4, -0.2) is 37.0 Å². The fraction of sp³-hybridized carbons (Fsp3) is 0.625. The molecule has 0 saturated heterocycles. The number of hydrogen-bond donors (Lipinski definition) is 1. The summed E-state index contributed by atoms with van der Waals surface area (Å²) < 4.78 is 9.68. The third-order valence-corrected chi connectivity index (χ3v) is 1.08. The standard InChI is InChI=1S/C8H14O4/c1-3-4-11-6-8(5-9)12-7(2)10/h3,8-9H,1,4-6H2,2H3. The number of esters is 1. The number of aliphatic hydroxyl groups excluding tert-OH is 1. The van der Waals surface area contributed by atoms with Crippen LogP contribution in [0.25, 0.3) is 0 Å². The van der Waals surface area contributed by atoms with E-state index in [2.05, 4.69) is 6.58 Å². The molecule has 0 aliphatic carbocycles. The minimum Gasteiger partial charge on any atom is -0.458 e. The summed E-state index contributed by atoms with van der Waals surface area (Å²) >= 11 is 0. The van der Waals surface area contributed by atoms with Gasteiger partial charge in [0.05, 0.1) is 19.8 Å². The smallest absolute Gasteiger partial charge is 0.303 e. The van der Waals surface area contributed by atoms with Crippen LogP contribution in [0, 0.1) is 0 Å². The molecule has 0 heterocycles. The number of rotatable bonds is 6. The second-order valence-electron chi connectivity index (χ2n) is 2.24. The summed E-state index contributed by atoms with van der Waals surface area (Å²) in [6.45, 7) is 5.09. The molecule has 0 aliphatic heterocycles. The van der Waals surface area contributed by atoms with Crippen LogP contribution in [0.4, 0.5) is 0 Å². The van der Waals surface area contributed by atoms with Crippen molar-refractivity contribution in [2.45, 2.75) is 13.0 Å². The van der Waals surface area contributed by atoms with Crippen LogP contribution >= 0.6 is 0 Å². The van der Waals surface area contributed by atoms with E-state index in [1.54, 1.807) is 6.08 Å². The zero-order valence-electron chi connectivity index (χ0n) is 7.16. The first-order chi connectivity index (χ1) is 5.70. The summed E-state index contributed by atoms with van der Waals surface area (Å²) in [5.74, 6) is -0.420. The molecule has 0 fully saturated rings. The van der Waals surface area contributed by atoms with Crippen molar-refractivity contribution in [3.63, 3.8) is 0 Å². The highest BCUT2D eigenvalue weighted by Gasteiger charge is 2.09. The molecule has 0 bridgehead atoms. The van der Waals surface area contributed by atoms with Crippen molar-refractivity contribution >= 4 is 5.97 Å². The molecule has 12 heavy (non-hydrogen) atoms. The normalized spacial score (nSPS) is 12.2. The maximum Gasteiger partial charge on any atom is 0.303 e. The van der Waals surface area contributed by atoms with Gasteiger partial charge >= 0.3 is 5.97 Å². The highest BCUT2D eigenvalue weighted by Crippen LogP contribution is 1.93. The van der Waals surface area contributed by atoms with Gasteiger partial charge in [-0.3, -0.25) is 4.79 Å². The Labute approximate surface area is 71.8 Å². The Morgan fingerprint density at radius 3 is 2.83 bits per heavy atom. The van der Waals surface area contributed by atoms with Crippen LogP contribution in [0.5, 0.6) is 0 Å². The number of ether oxygens (including phenoxy) is 2. The summed E-state index contributed by atoms with van der Waals surface area (Å²) in [6, 6.07) is 0. The van der Waals surface area contributed by atoms with Gasteiger partial charge in [-0.15, -0.1) is 6.58 Å². The van der Waals surface area contributed by atoms with Crippen LogP contribution in [0.1, 0.15) is 6.92 Å². The molecule has 0 aromatic carbocycles. The molecule has 4 nitrogen and oxygen atoms in total. The minimum atomic E-state index is -0.567. The molecule has 0 spiro atoms. The van der Waals surface area contributed by atoms with Gasteiger partial charge in [0.15, 0.2) is 0 Å². The molecular formula is C8H14O4. The SMILES string of the molecule is C=CCOCC(CO)OC(C)=O. The molecule has 4 heteroatoms. The van der Waals surface area contributed by atoms with Crippen LogP contribution in [-0.2, 0) is 14.3 Å².